The van der Waals surface area contributed by atoms with Crippen molar-refractivity contribution in [1.82, 2.24) is 4.98 Å². The van der Waals surface area contributed by atoms with Crippen molar-refractivity contribution in [3.8, 4) is 0 Å². The molecule has 1 spiro atoms. The van der Waals surface area contributed by atoms with Gasteiger partial charge < -0.3 is 9.47 Å². The van der Waals surface area contributed by atoms with E-state index >= 15 is 0 Å². The fourth-order valence-electron chi connectivity index (χ4n) is 5.14. The van der Waals surface area contributed by atoms with Gasteiger partial charge in [-0.3, -0.25) is 4.79 Å². The van der Waals surface area contributed by atoms with Crippen LogP contribution in [0.15, 0.2) is 24.3 Å². The summed E-state index contributed by atoms with van der Waals surface area (Å²) in [5.74, 6) is 1.11. The number of H-pyrrole nitrogens is 1. The third kappa shape index (κ3) is 1.27. The number of ketones is 1. The van der Waals surface area contributed by atoms with Gasteiger partial charge in [0.1, 0.15) is 12.6 Å². The smallest absolute Gasteiger partial charge is 0.187 e. The minimum absolute atomic E-state index is 0.489. The number of rotatable bonds is 0. The molecule has 1 N–H and O–H groups in total. The van der Waals surface area contributed by atoms with Gasteiger partial charge in [-0.25, -0.2) is 0 Å². The predicted octanol–water partition coefficient (Wildman–Crippen LogP) is 2.57. The number of Topliss-reactive ketones (excluding diaryl/α,β-unsaturated/α-hetero) is 1. The topological polar surface area (TPSA) is 32.9 Å². The molecule has 4 heterocycles. The number of nitrogens with zero attached hydrogens (tertiary/aromatic N) is 1. The van der Waals surface area contributed by atoms with Gasteiger partial charge in [-0.1, -0.05) is 18.2 Å². The Morgan fingerprint density at radius 2 is 2.15 bits per heavy atom. The monoisotopic (exact) mass is 267 g/mol. The molecule has 1 aromatic heterocycles. The summed E-state index contributed by atoms with van der Waals surface area (Å²) in [4.78, 5) is 15.7. The van der Waals surface area contributed by atoms with Gasteiger partial charge in [0.25, 0.3) is 0 Å². The highest BCUT2D eigenvalue weighted by Crippen LogP contribution is 2.50. The lowest BCUT2D eigenvalue weighted by atomic mass is 9.95. The molecule has 3 aliphatic rings. The fourth-order valence-corrected chi connectivity index (χ4v) is 5.14. The van der Waals surface area contributed by atoms with Gasteiger partial charge in [-0.05, 0) is 11.6 Å². The lowest BCUT2D eigenvalue weighted by Crippen LogP contribution is -2.56. The number of aromatic nitrogens is 1. The van der Waals surface area contributed by atoms with E-state index in [2.05, 4.69) is 29.2 Å². The van der Waals surface area contributed by atoms with Gasteiger partial charge in [-0.2, -0.15) is 0 Å². The third-order valence-electron chi connectivity index (χ3n) is 5.83. The Hall–Kier alpha value is -1.61. The van der Waals surface area contributed by atoms with Crippen LogP contribution in [-0.4, -0.2) is 34.9 Å². The minimum atomic E-state index is 0.489. The second-order valence-corrected chi connectivity index (χ2v) is 6.96. The van der Waals surface area contributed by atoms with Crippen LogP contribution in [0.25, 0.3) is 10.9 Å². The van der Waals surface area contributed by atoms with E-state index in [9.17, 15) is 4.79 Å². The highest BCUT2D eigenvalue weighted by molar-refractivity contribution is 5.85. The molecule has 0 amide bonds. The first-order valence-electron chi connectivity index (χ1n) is 7.72. The summed E-state index contributed by atoms with van der Waals surface area (Å²) in [7, 11) is 0. The summed E-state index contributed by atoms with van der Waals surface area (Å²) in [5.41, 5.74) is 4.23. The van der Waals surface area contributed by atoms with Crippen molar-refractivity contribution in [3.05, 3.63) is 35.5 Å². The van der Waals surface area contributed by atoms with Gasteiger partial charge in [0, 0.05) is 36.1 Å². The Morgan fingerprint density at radius 3 is 3.10 bits per heavy atom. The maximum Gasteiger partial charge on any atom is 0.187 e. The zero-order valence-electron chi connectivity index (χ0n) is 11.6. The van der Waals surface area contributed by atoms with E-state index in [1.165, 1.54) is 35.1 Å². The van der Waals surface area contributed by atoms with Crippen LogP contribution < -0.4 is 0 Å². The molecule has 20 heavy (non-hydrogen) atoms. The Labute approximate surface area is 118 Å². The summed E-state index contributed by atoms with van der Waals surface area (Å²) in [6.07, 6.45) is 3.15. The highest BCUT2D eigenvalue weighted by Gasteiger charge is 2.55. The molecule has 5 rings (SSSR count). The summed E-state index contributed by atoms with van der Waals surface area (Å²) in [6.45, 7) is 3.16. The number of hydrogen-bond acceptors (Lipinski definition) is 1. The SMILES string of the molecule is O=C1C[C@H]2C[C@@H]3c4[nH]c5ccccc5c4CC[N+]3(C1)C2. The Balaban J connectivity index is 1.71. The molecule has 1 unspecified atom stereocenters. The zero-order chi connectivity index (χ0) is 13.3. The molecule has 3 aliphatic heterocycles. The fraction of sp³-hybridized carbons (Fsp3) is 0.471. The van der Waals surface area contributed by atoms with Gasteiger partial charge in [0.15, 0.2) is 5.78 Å². The third-order valence-corrected chi connectivity index (χ3v) is 5.83. The van der Waals surface area contributed by atoms with Gasteiger partial charge in [-0.15, -0.1) is 0 Å². The van der Waals surface area contributed by atoms with E-state index in [1.54, 1.807) is 0 Å². The molecular formula is C17H19N2O+. The van der Waals surface area contributed by atoms with Crippen molar-refractivity contribution in [1.29, 1.82) is 0 Å². The van der Waals surface area contributed by atoms with Crippen LogP contribution in [0.4, 0.5) is 0 Å². The van der Waals surface area contributed by atoms with Crippen molar-refractivity contribution in [3.63, 3.8) is 0 Å². The summed E-state index contributed by atoms with van der Waals surface area (Å²) in [5, 5.41) is 1.40. The lowest BCUT2D eigenvalue weighted by Gasteiger charge is -2.43. The van der Waals surface area contributed by atoms with Crippen LogP contribution in [0, 0.1) is 5.92 Å². The van der Waals surface area contributed by atoms with Crippen molar-refractivity contribution < 1.29 is 9.28 Å². The number of carbonyl (C=O) groups is 1. The van der Waals surface area contributed by atoms with Crippen molar-refractivity contribution in [2.45, 2.75) is 25.3 Å². The molecule has 1 aromatic carbocycles. The number of quaternary nitrogens is 1. The van der Waals surface area contributed by atoms with Crippen LogP contribution in [0.2, 0.25) is 0 Å². The first-order valence-corrected chi connectivity index (χ1v) is 7.72. The molecule has 2 bridgehead atoms. The van der Waals surface area contributed by atoms with E-state index in [4.69, 9.17) is 0 Å². The second-order valence-electron chi connectivity index (χ2n) is 6.96. The maximum atomic E-state index is 12.0. The quantitative estimate of drug-likeness (QED) is 0.731. The van der Waals surface area contributed by atoms with Crippen molar-refractivity contribution >= 4 is 16.7 Å². The van der Waals surface area contributed by atoms with Crippen molar-refractivity contribution in [2.75, 3.05) is 19.6 Å². The van der Waals surface area contributed by atoms with Gasteiger partial charge in [0.2, 0.25) is 0 Å². The largest absolute Gasteiger partial charge is 0.353 e. The van der Waals surface area contributed by atoms with E-state index < -0.39 is 0 Å². The van der Waals surface area contributed by atoms with Crippen molar-refractivity contribution in [2.24, 2.45) is 5.92 Å². The van der Waals surface area contributed by atoms with Gasteiger partial charge in [0.05, 0.1) is 18.8 Å². The molecular weight excluding hydrogens is 248 g/mol. The molecule has 0 aliphatic carbocycles. The molecule has 3 nitrogen and oxygen atoms in total. The predicted molar refractivity (Wildman–Crippen MR) is 77.3 cm³/mol. The Bertz CT molecular complexity index is 732. The van der Waals surface area contributed by atoms with Crippen LogP contribution >= 0.6 is 0 Å². The first-order chi connectivity index (χ1) is 9.75. The molecule has 2 fully saturated rings. The second kappa shape index (κ2) is 3.53. The maximum absolute atomic E-state index is 12.0. The number of carbonyl (C=O) groups excluding carboxylic acids is 1. The average Bonchev–Trinajstić information content (AvgIpc) is 2.92. The number of para-hydroxylation sites is 1. The minimum Gasteiger partial charge on any atom is -0.353 e. The molecule has 102 valence electrons. The van der Waals surface area contributed by atoms with Crippen LogP contribution in [0.3, 0.4) is 0 Å². The molecule has 0 radical (unpaired) electrons. The number of benzene rings is 1. The van der Waals surface area contributed by atoms with Gasteiger partial charge >= 0.3 is 0 Å². The number of aromatic amines is 1. The Morgan fingerprint density at radius 1 is 1.25 bits per heavy atom. The number of fused-ring (bicyclic) bond motifs is 5. The molecule has 2 saturated heterocycles. The zero-order valence-corrected chi connectivity index (χ0v) is 11.6. The average molecular weight is 267 g/mol. The number of piperidine rings is 1. The summed E-state index contributed by atoms with van der Waals surface area (Å²) in [6, 6.07) is 9.20. The van der Waals surface area contributed by atoms with E-state index in [1.807, 2.05) is 0 Å². The highest BCUT2D eigenvalue weighted by atomic mass is 16.1. The molecule has 3 atom stereocenters. The standard InChI is InChI=1S/C17H19N2O/c20-12-7-11-8-16-17-14(5-6-19(16,9-11)10-12)13-3-1-2-4-15(13)18-17/h1-4,11,16,18H,5-10H2/q+1/t11-,16+,19?/m0/s1. The lowest BCUT2D eigenvalue weighted by molar-refractivity contribution is -0.942. The van der Waals surface area contributed by atoms with Crippen LogP contribution in [-0.2, 0) is 11.2 Å². The molecule has 3 heteroatoms. The number of nitrogens with one attached hydrogen (secondary N) is 1. The Kier molecular flexibility index (Phi) is 1.96. The first kappa shape index (κ1) is 11.1. The summed E-state index contributed by atoms with van der Waals surface area (Å²) >= 11 is 0. The molecule has 0 saturated carbocycles. The summed E-state index contributed by atoms with van der Waals surface area (Å²) < 4.78 is 1.04. The van der Waals surface area contributed by atoms with E-state index in [0.29, 0.717) is 17.7 Å². The van der Waals surface area contributed by atoms with Crippen LogP contribution in [0.5, 0.6) is 0 Å². The van der Waals surface area contributed by atoms with E-state index in [-0.39, 0.29) is 0 Å². The number of hydrogen-bond donors (Lipinski definition) is 1. The normalized spacial score (nSPS) is 35.1. The van der Waals surface area contributed by atoms with E-state index in [0.717, 1.165) is 30.4 Å². The van der Waals surface area contributed by atoms with Crippen LogP contribution in [0.1, 0.15) is 30.1 Å². The molecule has 2 aromatic rings.